The average molecular weight is 212 g/mol. The van der Waals surface area contributed by atoms with Crippen LogP contribution in [0, 0.1) is 6.92 Å². The summed E-state index contributed by atoms with van der Waals surface area (Å²) in [4.78, 5) is 7.96. The van der Waals surface area contributed by atoms with Gasteiger partial charge in [0.05, 0.1) is 19.8 Å². The van der Waals surface area contributed by atoms with E-state index in [-0.39, 0.29) is 12.6 Å². The van der Waals surface area contributed by atoms with E-state index in [1.54, 1.807) is 0 Å². The van der Waals surface area contributed by atoms with E-state index < -0.39 is 0 Å². The molecule has 1 rings (SSSR count). The lowest BCUT2D eigenvalue weighted by molar-refractivity contribution is 0.0992. The van der Waals surface area contributed by atoms with Gasteiger partial charge in [0.25, 0.3) is 0 Å². The lowest BCUT2D eigenvalue weighted by Crippen LogP contribution is -2.13. The van der Waals surface area contributed by atoms with Gasteiger partial charge in [0, 0.05) is 18.3 Å². The molecule has 0 aliphatic heterocycles. The lowest BCUT2D eigenvalue weighted by Gasteiger charge is -2.06. The molecule has 0 aliphatic carbocycles. The number of ether oxygens (including phenoxy) is 1. The molecule has 1 aromatic heterocycles. The SMILES string of the molecule is Cc1cc(NCCOCCO)nc(N)n1. The molecule has 0 unspecified atom stereocenters. The number of nitrogen functional groups attached to an aromatic ring is 1. The van der Waals surface area contributed by atoms with Gasteiger partial charge in [0.2, 0.25) is 5.95 Å². The van der Waals surface area contributed by atoms with Crippen LogP contribution in [0.1, 0.15) is 5.69 Å². The van der Waals surface area contributed by atoms with E-state index in [0.717, 1.165) is 5.69 Å². The normalized spacial score (nSPS) is 10.3. The zero-order chi connectivity index (χ0) is 11.1. The number of anilines is 2. The van der Waals surface area contributed by atoms with E-state index in [1.807, 2.05) is 13.0 Å². The van der Waals surface area contributed by atoms with Crippen molar-refractivity contribution in [3.8, 4) is 0 Å². The highest BCUT2D eigenvalue weighted by atomic mass is 16.5. The van der Waals surface area contributed by atoms with Gasteiger partial charge in [-0.05, 0) is 6.92 Å². The van der Waals surface area contributed by atoms with Crippen LogP contribution in [0.3, 0.4) is 0 Å². The minimum absolute atomic E-state index is 0.0412. The summed E-state index contributed by atoms with van der Waals surface area (Å²) in [6, 6.07) is 1.81. The molecule has 6 heteroatoms. The van der Waals surface area contributed by atoms with Gasteiger partial charge in [0.1, 0.15) is 5.82 Å². The summed E-state index contributed by atoms with van der Waals surface area (Å²) < 4.78 is 5.08. The van der Waals surface area contributed by atoms with E-state index in [9.17, 15) is 0 Å². The van der Waals surface area contributed by atoms with Crippen LogP contribution in [0.2, 0.25) is 0 Å². The van der Waals surface area contributed by atoms with Crippen LogP contribution in [-0.2, 0) is 4.74 Å². The number of hydrogen-bond acceptors (Lipinski definition) is 6. The van der Waals surface area contributed by atoms with Crippen molar-refractivity contribution < 1.29 is 9.84 Å². The van der Waals surface area contributed by atoms with Crippen molar-refractivity contribution in [2.75, 3.05) is 37.4 Å². The summed E-state index contributed by atoms with van der Waals surface area (Å²) in [7, 11) is 0. The van der Waals surface area contributed by atoms with Crippen molar-refractivity contribution in [3.63, 3.8) is 0 Å². The molecule has 0 radical (unpaired) electrons. The Morgan fingerprint density at radius 2 is 2.27 bits per heavy atom. The summed E-state index contributed by atoms with van der Waals surface area (Å²) in [5.41, 5.74) is 6.31. The van der Waals surface area contributed by atoms with Crippen molar-refractivity contribution in [1.82, 2.24) is 9.97 Å². The minimum Gasteiger partial charge on any atom is -0.394 e. The number of nitrogens with one attached hydrogen (secondary N) is 1. The smallest absolute Gasteiger partial charge is 0.222 e. The third-order valence-electron chi connectivity index (χ3n) is 1.66. The molecule has 0 aromatic carbocycles. The molecule has 4 N–H and O–H groups in total. The van der Waals surface area contributed by atoms with Gasteiger partial charge in [-0.15, -0.1) is 0 Å². The molecule has 0 amide bonds. The van der Waals surface area contributed by atoms with Crippen LogP contribution in [0.5, 0.6) is 0 Å². The first-order valence-corrected chi connectivity index (χ1v) is 4.76. The van der Waals surface area contributed by atoms with E-state index in [1.165, 1.54) is 0 Å². The molecular formula is C9H16N4O2. The van der Waals surface area contributed by atoms with Crippen molar-refractivity contribution in [2.45, 2.75) is 6.92 Å². The largest absolute Gasteiger partial charge is 0.394 e. The highest BCUT2D eigenvalue weighted by Crippen LogP contribution is 2.06. The Bertz CT molecular complexity index is 286. The second-order valence-corrected chi connectivity index (χ2v) is 3.02. The quantitative estimate of drug-likeness (QED) is 0.565. The second-order valence-electron chi connectivity index (χ2n) is 3.02. The number of aryl methyl sites for hydroxylation is 1. The molecular weight excluding hydrogens is 196 g/mol. The van der Waals surface area contributed by atoms with Gasteiger partial charge >= 0.3 is 0 Å². The third-order valence-corrected chi connectivity index (χ3v) is 1.66. The molecule has 15 heavy (non-hydrogen) atoms. The molecule has 1 heterocycles. The zero-order valence-corrected chi connectivity index (χ0v) is 8.73. The fourth-order valence-corrected chi connectivity index (χ4v) is 1.10. The minimum atomic E-state index is 0.0412. The molecule has 0 aliphatic rings. The van der Waals surface area contributed by atoms with Gasteiger partial charge in [-0.25, -0.2) is 4.98 Å². The first-order chi connectivity index (χ1) is 7.22. The first kappa shape index (κ1) is 11.7. The number of rotatable bonds is 6. The van der Waals surface area contributed by atoms with Crippen molar-refractivity contribution in [2.24, 2.45) is 0 Å². The predicted molar refractivity (Wildman–Crippen MR) is 57.6 cm³/mol. The Balaban J connectivity index is 2.31. The number of aliphatic hydroxyl groups excluding tert-OH is 1. The third kappa shape index (κ3) is 4.57. The number of aromatic nitrogens is 2. The number of hydrogen-bond donors (Lipinski definition) is 3. The van der Waals surface area contributed by atoms with E-state index in [0.29, 0.717) is 25.6 Å². The van der Waals surface area contributed by atoms with E-state index in [2.05, 4.69) is 15.3 Å². The molecule has 0 saturated heterocycles. The zero-order valence-electron chi connectivity index (χ0n) is 8.73. The summed E-state index contributed by atoms with van der Waals surface area (Å²) in [6.45, 7) is 3.39. The molecule has 6 nitrogen and oxygen atoms in total. The van der Waals surface area contributed by atoms with Gasteiger partial charge in [-0.3, -0.25) is 0 Å². The van der Waals surface area contributed by atoms with Crippen molar-refractivity contribution in [1.29, 1.82) is 0 Å². The van der Waals surface area contributed by atoms with Crippen LogP contribution < -0.4 is 11.1 Å². The predicted octanol–water partition coefficient (Wildman–Crippen LogP) is -0.212. The fraction of sp³-hybridized carbons (Fsp3) is 0.556. The fourth-order valence-electron chi connectivity index (χ4n) is 1.10. The Kier molecular flexibility index (Phi) is 4.79. The van der Waals surface area contributed by atoms with Crippen LogP contribution in [0.15, 0.2) is 6.07 Å². The number of aliphatic hydroxyl groups is 1. The molecule has 1 aromatic rings. The van der Waals surface area contributed by atoms with Gasteiger partial charge in [0.15, 0.2) is 0 Å². The lowest BCUT2D eigenvalue weighted by atomic mass is 10.4. The standard InChI is InChI=1S/C9H16N4O2/c1-7-6-8(13-9(10)12-7)11-2-4-15-5-3-14/h6,14H,2-5H2,1H3,(H3,10,11,12,13). The maximum Gasteiger partial charge on any atom is 0.222 e. The average Bonchev–Trinajstić information content (AvgIpc) is 2.16. The van der Waals surface area contributed by atoms with Crippen LogP contribution in [0.25, 0.3) is 0 Å². The van der Waals surface area contributed by atoms with E-state index in [4.69, 9.17) is 15.6 Å². The first-order valence-electron chi connectivity index (χ1n) is 4.76. The molecule has 0 fully saturated rings. The molecule has 0 spiro atoms. The summed E-state index contributed by atoms with van der Waals surface area (Å²) in [5, 5.41) is 11.5. The molecule has 0 saturated carbocycles. The highest BCUT2D eigenvalue weighted by Gasteiger charge is 1.97. The van der Waals surface area contributed by atoms with Crippen molar-refractivity contribution >= 4 is 11.8 Å². The highest BCUT2D eigenvalue weighted by molar-refractivity contribution is 5.39. The summed E-state index contributed by atoms with van der Waals surface area (Å²) in [6.07, 6.45) is 0. The van der Waals surface area contributed by atoms with Crippen molar-refractivity contribution in [3.05, 3.63) is 11.8 Å². The van der Waals surface area contributed by atoms with Gasteiger partial charge < -0.3 is 20.9 Å². The molecule has 84 valence electrons. The van der Waals surface area contributed by atoms with Gasteiger partial charge in [-0.2, -0.15) is 4.98 Å². The monoisotopic (exact) mass is 212 g/mol. The molecule has 0 atom stereocenters. The Morgan fingerprint density at radius 1 is 1.47 bits per heavy atom. The Morgan fingerprint density at radius 3 is 2.93 bits per heavy atom. The second kappa shape index (κ2) is 6.15. The molecule has 0 bridgehead atoms. The topological polar surface area (TPSA) is 93.3 Å². The summed E-state index contributed by atoms with van der Waals surface area (Å²) >= 11 is 0. The number of nitrogens with two attached hydrogens (primary N) is 1. The van der Waals surface area contributed by atoms with Gasteiger partial charge in [-0.1, -0.05) is 0 Å². The summed E-state index contributed by atoms with van der Waals surface area (Å²) in [5.74, 6) is 0.946. The maximum atomic E-state index is 8.47. The Hall–Kier alpha value is -1.40. The van der Waals surface area contributed by atoms with E-state index >= 15 is 0 Å². The maximum absolute atomic E-state index is 8.47. The van der Waals surface area contributed by atoms with Crippen LogP contribution in [0.4, 0.5) is 11.8 Å². The van der Waals surface area contributed by atoms with Crippen LogP contribution >= 0.6 is 0 Å². The number of nitrogens with zero attached hydrogens (tertiary/aromatic N) is 2. The Labute approximate surface area is 88.5 Å². The van der Waals surface area contributed by atoms with Crippen LogP contribution in [-0.4, -0.2) is 41.4 Å².